The van der Waals surface area contributed by atoms with Crippen molar-refractivity contribution in [1.29, 1.82) is 5.41 Å². The molecule has 30 heavy (non-hydrogen) atoms. The molecule has 1 atom stereocenters. The highest BCUT2D eigenvalue weighted by Gasteiger charge is 2.23. The molecule has 13 heteroatoms. The molecule has 0 saturated carbocycles. The van der Waals surface area contributed by atoms with Gasteiger partial charge in [0.25, 0.3) is 0 Å². The van der Waals surface area contributed by atoms with Crippen LogP contribution in [0.1, 0.15) is 59.3 Å². The molecule has 0 aromatic carbocycles. The second kappa shape index (κ2) is 14.5. The number of hydrogen-bond donors (Lipinski definition) is 7. The lowest BCUT2D eigenvalue weighted by molar-refractivity contribution is -0.492. The van der Waals surface area contributed by atoms with Gasteiger partial charge in [-0.2, -0.15) is 0 Å². The van der Waals surface area contributed by atoms with Gasteiger partial charge in [-0.15, -0.1) is 0 Å². The lowest BCUT2D eigenvalue weighted by Crippen LogP contribution is -2.44. The van der Waals surface area contributed by atoms with Crippen LogP contribution in [0.3, 0.4) is 0 Å². The second-order valence-electron chi connectivity index (χ2n) is 7.43. The molecule has 0 rings (SSSR count). The van der Waals surface area contributed by atoms with Gasteiger partial charge in [0.1, 0.15) is 11.6 Å². The maximum atomic E-state index is 11.7. The quantitative estimate of drug-likeness (QED) is 0.0947. The number of nitrogens with zero attached hydrogens (tertiary/aromatic N) is 1. The van der Waals surface area contributed by atoms with Crippen LogP contribution in [0.15, 0.2) is 0 Å². The Morgan fingerprint density at radius 2 is 1.77 bits per heavy atom. The lowest BCUT2D eigenvalue weighted by Gasteiger charge is -2.22. The van der Waals surface area contributed by atoms with E-state index < -0.39 is 23.7 Å². The standard InChI is InChI=1S/C17H33N5O8/c1-17(2,3)30-16(26)20-12(14(24)25)8-7-10-19-15(18)21-13(23)9-5-4-6-11-29-22(27)28/h12,27-28H,4-11H2,1-3H3,(H,20,26)(H,24,25)(H3,18,19,21,23). The number of rotatable bonds is 13. The van der Waals surface area contributed by atoms with E-state index >= 15 is 0 Å². The largest absolute Gasteiger partial charge is 0.480 e. The van der Waals surface area contributed by atoms with E-state index in [0.717, 1.165) is 0 Å². The number of ether oxygens (including phenoxy) is 1. The Labute approximate surface area is 175 Å². The molecule has 0 radical (unpaired) electrons. The summed E-state index contributed by atoms with van der Waals surface area (Å²) in [4.78, 5) is 39.0. The van der Waals surface area contributed by atoms with Gasteiger partial charge in [-0.25, -0.2) is 9.59 Å². The van der Waals surface area contributed by atoms with E-state index in [1.54, 1.807) is 20.8 Å². The zero-order valence-electron chi connectivity index (χ0n) is 17.6. The smallest absolute Gasteiger partial charge is 0.408 e. The highest BCUT2D eigenvalue weighted by Crippen LogP contribution is 2.07. The van der Waals surface area contributed by atoms with Gasteiger partial charge in [-0.1, -0.05) is 6.42 Å². The molecular formula is C17H33N5O8. The minimum Gasteiger partial charge on any atom is -0.480 e. The van der Waals surface area contributed by atoms with Crippen LogP contribution < -0.4 is 16.0 Å². The number of hydrogen-bond acceptors (Lipinski definition) is 9. The van der Waals surface area contributed by atoms with E-state index in [1.807, 2.05) is 0 Å². The van der Waals surface area contributed by atoms with Gasteiger partial charge in [0.15, 0.2) is 5.96 Å². The maximum Gasteiger partial charge on any atom is 0.408 e. The van der Waals surface area contributed by atoms with Gasteiger partial charge in [-0.05, 0) is 46.5 Å². The molecule has 1 unspecified atom stereocenters. The van der Waals surface area contributed by atoms with Crippen LogP contribution in [-0.4, -0.2) is 69.6 Å². The monoisotopic (exact) mass is 435 g/mol. The number of aliphatic carboxylic acids is 1. The summed E-state index contributed by atoms with van der Waals surface area (Å²) in [6.07, 6.45) is 1.51. The predicted molar refractivity (Wildman–Crippen MR) is 104 cm³/mol. The number of carboxylic acids is 1. The molecule has 0 bridgehead atoms. The van der Waals surface area contributed by atoms with Crippen LogP contribution in [0.5, 0.6) is 0 Å². The number of carbonyl (C=O) groups excluding carboxylic acids is 2. The summed E-state index contributed by atoms with van der Waals surface area (Å²) in [7, 11) is 0. The summed E-state index contributed by atoms with van der Waals surface area (Å²) in [6, 6.07) is -1.13. The Kier molecular flexibility index (Phi) is 13.3. The Bertz CT molecular complexity index is 565. The second-order valence-corrected chi connectivity index (χ2v) is 7.43. The molecular weight excluding hydrogens is 402 g/mol. The van der Waals surface area contributed by atoms with E-state index in [9.17, 15) is 19.5 Å². The molecule has 0 fully saturated rings. The number of unbranched alkanes of at least 4 members (excludes halogenated alkanes) is 2. The molecule has 0 aromatic heterocycles. The number of amides is 2. The minimum atomic E-state index is -1.19. The van der Waals surface area contributed by atoms with Crippen molar-refractivity contribution in [2.75, 3.05) is 13.2 Å². The van der Waals surface area contributed by atoms with Gasteiger partial charge in [0.05, 0.1) is 12.0 Å². The summed E-state index contributed by atoms with van der Waals surface area (Å²) in [5.74, 6) is -1.75. The number of carboxylic acid groups (broad SMARTS) is 1. The lowest BCUT2D eigenvalue weighted by atomic mass is 10.1. The normalized spacial score (nSPS) is 12.2. The zero-order chi connectivity index (χ0) is 23.2. The summed E-state index contributed by atoms with van der Waals surface area (Å²) in [6.45, 7) is 5.34. The van der Waals surface area contributed by atoms with Crippen LogP contribution in [0.2, 0.25) is 0 Å². The third-order valence-electron chi connectivity index (χ3n) is 3.48. The van der Waals surface area contributed by atoms with Crippen molar-refractivity contribution >= 4 is 23.9 Å². The van der Waals surface area contributed by atoms with Crippen molar-refractivity contribution in [3.63, 3.8) is 0 Å². The molecule has 0 saturated heterocycles. The van der Waals surface area contributed by atoms with Crippen LogP contribution in [0, 0.1) is 5.41 Å². The van der Waals surface area contributed by atoms with Crippen molar-refractivity contribution in [2.45, 2.75) is 70.9 Å². The fourth-order valence-electron chi connectivity index (χ4n) is 2.18. The molecule has 2 amide bonds. The van der Waals surface area contributed by atoms with Crippen LogP contribution in [-0.2, 0) is 19.2 Å². The molecule has 13 nitrogen and oxygen atoms in total. The van der Waals surface area contributed by atoms with Gasteiger partial charge >= 0.3 is 12.1 Å². The molecule has 0 spiro atoms. The Morgan fingerprint density at radius 3 is 2.33 bits per heavy atom. The maximum absolute atomic E-state index is 11.7. The minimum absolute atomic E-state index is 0.103. The van der Waals surface area contributed by atoms with E-state index in [-0.39, 0.29) is 43.2 Å². The summed E-state index contributed by atoms with van der Waals surface area (Å²) in [5.41, 5.74) is -0.740. The number of alkyl carbamates (subject to hydrolysis) is 1. The molecule has 7 N–H and O–H groups in total. The first-order valence-electron chi connectivity index (χ1n) is 9.56. The molecule has 0 aromatic rings. The number of nitrogens with one attached hydrogen (secondary N) is 4. The van der Waals surface area contributed by atoms with E-state index in [1.165, 1.54) is 0 Å². The van der Waals surface area contributed by atoms with Gasteiger partial charge in [0.2, 0.25) is 5.91 Å². The fourth-order valence-corrected chi connectivity index (χ4v) is 2.18. The summed E-state index contributed by atoms with van der Waals surface area (Å²) < 4.78 is 5.03. The first kappa shape index (κ1) is 27.5. The Hall–Kier alpha value is -2.48. The van der Waals surface area contributed by atoms with Crippen LogP contribution in [0.25, 0.3) is 0 Å². The Balaban J connectivity index is 3.98. The van der Waals surface area contributed by atoms with Crippen molar-refractivity contribution < 1.29 is 39.5 Å². The SMILES string of the molecule is CC(C)(C)OC(=O)NC(CCCNC(=N)NC(=O)CCCCCON(O)O)C(=O)O. The van der Waals surface area contributed by atoms with Crippen molar-refractivity contribution in [3.8, 4) is 0 Å². The van der Waals surface area contributed by atoms with Crippen molar-refractivity contribution in [3.05, 3.63) is 0 Å². The summed E-state index contributed by atoms with van der Waals surface area (Å²) in [5, 5.41) is 40.5. The molecule has 174 valence electrons. The number of guanidine groups is 1. The molecule has 0 aliphatic heterocycles. The van der Waals surface area contributed by atoms with E-state index in [0.29, 0.717) is 25.7 Å². The third kappa shape index (κ3) is 16.5. The highest BCUT2D eigenvalue weighted by molar-refractivity contribution is 5.95. The highest BCUT2D eigenvalue weighted by atomic mass is 17.1. The van der Waals surface area contributed by atoms with Crippen molar-refractivity contribution in [1.82, 2.24) is 21.3 Å². The van der Waals surface area contributed by atoms with Gasteiger partial charge in [-0.3, -0.25) is 30.8 Å². The van der Waals surface area contributed by atoms with E-state index in [4.69, 9.17) is 20.6 Å². The average Bonchev–Trinajstić information content (AvgIpc) is 2.58. The van der Waals surface area contributed by atoms with Gasteiger partial charge < -0.3 is 20.5 Å². The summed E-state index contributed by atoms with van der Waals surface area (Å²) >= 11 is 0. The fraction of sp³-hybridized carbons (Fsp3) is 0.765. The topological polar surface area (TPSA) is 194 Å². The zero-order valence-corrected chi connectivity index (χ0v) is 17.6. The predicted octanol–water partition coefficient (Wildman–Crippen LogP) is 0.957. The van der Waals surface area contributed by atoms with Gasteiger partial charge in [0, 0.05) is 13.0 Å². The first-order valence-corrected chi connectivity index (χ1v) is 9.56. The number of carbonyl (C=O) groups is 3. The molecule has 0 aliphatic carbocycles. The third-order valence-corrected chi connectivity index (χ3v) is 3.48. The Morgan fingerprint density at radius 1 is 1.10 bits per heavy atom. The average molecular weight is 435 g/mol. The van der Waals surface area contributed by atoms with Crippen LogP contribution >= 0.6 is 0 Å². The molecule has 0 aliphatic rings. The van der Waals surface area contributed by atoms with E-state index in [2.05, 4.69) is 20.8 Å². The molecule has 0 heterocycles. The first-order chi connectivity index (χ1) is 13.9. The van der Waals surface area contributed by atoms with Crippen molar-refractivity contribution in [2.24, 2.45) is 0 Å². The van der Waals surface area contributed by atoms with Crippen LogP contribution in [0.4, 0.5) is 4.79 Å².